The van der Waals surface area contributed by atoms with Gasteiger partial charge in [0.05, 0.1) is 20.8 Å². The van der Waals surface area contributed by atoms with Gasteiger partial charge in [0.25, 0.3) is 0 Å². The van der Waals surface area contributed by atoms with Crippen LogP contribution in [0.3, 0.4) is 0 Å². The van der Waals surface area contributed by atoms with Gasteiger partial charge < -0.3 is 5.11 Å². The zero-order valence-electron chi connectivity index (χ0n) is 8.87. The average Bonchev–Trinajstić information content (AvgIpc) is 2.35. The van der Waals surface area contributed by atoms with Gasteiger partial charge in [-0.1, -0.05) is 11.6 Å². The van der Waals surface area contributed by atoms with Crippen molar-refractivity contribution in [2.45, 2.75) is 6.10 Å². The Kier molecular flexibility index (Phi) is 3.94. The Morgan fingerprint density at radius 1 is 1.22 bits per heavy atom. The molecule has 0 aliphatic rings. The standard InChI is InChI=1S/C12H7BrClF2NO/c13-7-2-3-8(15)10(11(7)16)12(18)9-4-1-6(14)5-17-9/h1-5,12,18H. The summed E-state index contributed by atoms with van der Waals surface area (Å²) >= 11 is 8.59. The number of aliphatic hydroxyl groups excluding tert-OH is 1. The van der Waals surface area contributed by atoms with Gasteiger partial charge in [0.2, 0.25) is 0 Å². The van der Waals surface area contributed by atoms with Crippen molar-refractivity contribution in [1.29, 1.82) is 0 Å². The van der Waals surface area contributed by atoms with Gasteiger partial charge in [-0.05, 0) is 40.2 Å². The molecule has 0 aliphatic carbocycles. The number of halogens is 4. The molecule has 1 unspecified atom stereocenters. The van der Waals surface area contributed by atoms with Crippen molar-refractivity contribution in [1.82, 2.24) is 4.98 Å². The molecular formula is C12H7BrClF2NO. The molecule has 1 N–H and O–H groups in total. The molecule has 0 saturated carbocycles. The molecule has 1 heterocycles. The number of benzene rings is 1. The van der Waals surface area contributed by atoms with E-state index in [1.54, 1.807) is 0 Å². The van der Waals surface area contributed by atoms with E-state index < -0.39 is 23.3 Å². The molecular weight excluding hydrogens is 327 g/mol. The minimum Gasteiger partial charge on any atom is -0.382 e. The summed E-state index contributed by atoms with van der Waals surface area (Å²) in [7, 11) is 0. The molecule has 0 saturated heterocycles. The summed E-state index contributed by atoms with van der Waals surface area (Å²) in [5.74, 6) is -1.68. The average molecular weight is 335 g/mol. The van der Waals surface area contributed by atoms with Gasteiger partial charge in [0.15, 0.2) is 0 Å². The van der Waals surface area contributed by atoms with Gasteiger partial charge in [-0.3, -0.25) is 4.98 Å². The second-order valence-corrected chi connectivity index (χ2v) is 4.85. The summed E-state index contributed by atoms with van der Waals surface area (Å²) in [4.78, 5) is 3.84. The van der Waals surface area contributed by atoms with Crippen LogP contribution in [0.2, 0.25) is 5.02 Å². The number of nitrogens with zero attached hydrogens (tertiary/aromatic N) is 1. The van der Waals surface area contributed by atoms with Gasteiger partial charge >= 0.3 is 0 Å². The topological polar surface area (TPSA) is 33.1 Å². The molecule has 2 rings (SSSR count). The zero-order valence-corrected chi connectivity index (χ0v) is 11.2. The molecule has 1 aromatic heterocycles. The second-order valence-electron chi connectivity index (χ2n) is 3.56. The number of aliphatic hydroxyl groups is 1. The summed E-state index contributed by atoms with van der Waals surface area (Å²) < 4.78 is 27.4. The lowest BCUT2D eigenvalue weighted by Gasteiger charge is -2.13. The molecule has 2 aromatic rings. The second kappa shape index (κ2) is 5.30. The molecule has 0 amide bonds. The maximum atomic E-state index is 13.8. The molecule has 1 atom stereocenters. The minimum atomic E-state index is -1.49. The SMILES string of the molecule is OC(c1ccc(Cl)cn1)c1c(F)ccc(Br)c1F. The van der Waals surface area contributed by atoms with Crippen molar-refractivity contribution < 1.29 is 13.9 Å². The Hall–Kier alpha value is -1.04. The van der Waals surface area contributed by atoms with E-state index in [1.165, 1.54) is 24.4 Å². The predicted molar refractivity (Wildman–Crippen MR) is 67.4 cm³/mol. The first-order valence-corrected chi connectivity index (χ1v) is 6.10. The van der Waals surface area contributed by atoms with Gasteiger partial charge in [0.1, 0.15) is 17.7 Å². The number of aromatic nitrogens is 1. The van der Waals surface area contributed by atoms with E-state index in [-0.39, 0.29) is 10.2 Å². The molecule has 0 bridgehead atoms. The van der Waals surface area contributed by atoms with Crippen molar-refractivity contribution in [2.75, 3.05) is 0 Å². The molecule has 1 aromatic carbocycles. The Balaban J connectivity index is 2.49. The highest BCUT2D eigenvalue weighted by atomic mass is 79.9. The third-order valence-corrected chi connectivity index (χ3v) is 3.22. The highest BCUT2D eigenvalue weighted by Gasteiger charge is 2.22. The highest BCUT2D eigenvalue weighted by molar-refractivity contribution is 9.10. The quantitative estimate of drug-likeness (QED) is 0.846. The fourth-order valence-corrected chi connectivity index (χ4v) is 1.95. The van der Waals surface area contributed by atoms with Crippen LogP contribution in [0.5, 0.6) is 0 Å². The first-order valence-electron chi connectivity index (χ1n) is 4.93. The van der Waals surface area contributed by atoms with Crippen LogP contribution in [-0.4, -0.2) is 10.1 Å². The van der Waals surface area contributed by atoms with Crippen LogP contribution >= 0.6 is 27.5 Å². The number of pyridine rings is 1. The Morgan fingerprint density at radius 3 is 2.56 bits per heavy atom. The van der Waals surface area contributed by atoms with Gasteiger partial charge in [-0.2, -0.15) is 0 Å². The fraction of sp³-hybridized carbons (Fsp3) is 0.0833. The van der Waals surface area contributed by atoms with E-state index in [4.69, 9.17) is 11.6 Å². The van der Waals surface area contributed by atoms with E-state index in [2.05, 4.69) is 20.9 Å². The van der Waals surface area contributed by atoms with Crippen molar-refractivity contribution in [3.8, 4) is 0 Å². The molecule has 18 heavy (non-hydrogen) atoms. The maximum Gasteiger partial charge on any atom is 0.146 e. The zero-order chi connectivity index (χ0) is 13.3. The summed E-state index contributed by atoms with van der Waals surface area (Å²) in [5.41, 5.74) is -0.325. The Bertz CT molecular complexity index is 577. The third-order valence-electron chi connectivity index (χ3n) is 2.38. The van der Waals surface area contributed by atoms with Crippen LogP contribution in [0.1, 0.15) is 17.4 Å². The Labute approximate surface area is 115 Å². The van der Waals surface area contributed by atoms with E-state index in [0.29, 0.717) is 5.02 Å². The van der Waals surface area contributed by atoms with Crippen LogP contribution in [0, 0.1) is 11.6 Å². The van der Waals surface area contributed by atoms with Crippen LogP contribution < -0.4 is 0 Å². The monoisotopic (exact) mass is 333 g/mol. The van der Waals surface area contributed by atoms with Gasteiger partial charge in [0, 0.05) is 6.20 Å². The lowest BCUT2D eigenvalue weighted by molar-refractivity contribution is 0.204. The Morgan fingerprint density at radius 2 is 1.94 bits per heavy atom. The van der Waals surface area contributed by atoms with Crippen molar-refractivity contribution in [2.24, 2.45) is 0 Å². The van der Waals surface area contributed by atoms with E-state index in [9.17, 15) is 13.9 Å². The summed E-state index contributed by atoms with van der Waals surface area (Å²) in [6, 6.07) is 5.20. The number of rotatable bonds is 2. The van der Waals surface area contributed by atoms with Crippen LogP contribution in [0.25, 0.3) is 0 Å². The third kappa shape index (κ3) is 2.53. The largest absolute Gasteiger partial charge is 0.382 e. The van der Waals surface area contributed by atoms with Crippen molar-refractivity contribution >= 4 is 27.5 Å². The number of hydrogen-bond acceptors (Lipinski definition) is 2. The van der Waals surface area contributed by atoms with Gasteiger partial charge in [-0.25, -0.2) is 8.78 Å². The lowest BCUT2D eigenvalue weighted by Crippen LogP contribution is -2.08. The van der Waals surface area contributed by atoms with Crippen molar-refractivity contribution in [3.63, 3.8) is 0 Å². The van der Waals surface area contributed by atoms with Crippen LogP contribution in [0.15, 0.2) is 34.9 Å². The maximum absolute atomic E-state index is 13.8. The first kappa shape index (κ1) is 13.4. The summed E-state index contributed by atoms with van der Waals surface area (Å²) in [6.45, 7) is 0. The first-order chi connectivity index (χ1) is 8.50. The highest BCUT2D eigenvalue weighted by Crippen LogP contribution is 2.30. The smallest absolute Gasteiger partial charge is 0.146 e. The van der Waals surface area contributed by atoms with E-state index >= 15 is 0 Å². The fourth-order valence-electron chi connectivity index (χ4n) is 1.49. The normalized spacial score (nSPS) is 12.5. The van der Waals surface area contributed by atoms with E-state index in [0.717, 1.165) is 6.07 Å². The van der Waals surface area contributed by atoms with Crippen LogP contribution in [-0.2, 0) is 0 Å². The van der Waals surface area contributed by atoms with E-state index in [1.807, 2.05) is 0 Å². The summed E-state index contributed by atoms with van der Waals surface area (Å²) in [6.07, 6.45) is -0.187. The molecule has 0 radical (unpaired) electrons. The summed E-state index contributed by atoms with van der Waals surface area (Å²) in [5, 5.41) is 10.3. The predicted octanol–water partition coefficient (Wildman–Crippen LogP) is 3.86. The van der Waals surface area contributed by atoms with Crippen LogP contribution in [0.4, 0.5) is 8.78 Å². The molecule has 0 spiro atoms. The van der Waals surface area contributed by atoms with Crippen molar-refractivity contribution in [3.05, 3.63) is 62.8 Å². The molecule has 6 heteroatoms. The molecule has 94 valence electrons. The molecule has 2 nitrogen and oxygen atoms in total. The number of hydrogen-bond donors (Lipinski definition) is 1. The lowest BCUT2D eigenvalue weighted by atomic mass is 10.0. The molecule has 0 fully saturated rings. The minimum absolute atomic E-state index is 0.0758. The molecule has 0 aliphatic heterocycles. The van der Waals surface area contributed by atoms with Gasteiger partial charge in [-0.15, -0.1) is 0 Å².